The van der Waals surface area contributed by atoms with Crippen LogP contribution in [0.15, 0.2) is 40.7 Å². The van der Waals surface area contributed by atoms with Crippen LogP contribution < -0.4 is 4.90 Å². The molecular weight excluding hydrogens is 386 g/mol. The molecule has 1 aliphatic heterocycles. The number of amides is 2. The number of imide groups is 1. The van der Waals surface area contributed by atoms with Gasteiger partial charge in [-0.2, -0.15) is 13.2 Å². The van der Waals surface area contributed by atoms with Gasteiger partial charge in [0.25, 0.3) is 11.8 Å². The molecule has 124 valence electrons. The van der Waals surface area contributed by atoms with E-state index in [9.17, 15) is 22.8 Å². The third-order valence-corrected chi connectivity index (χ3v) is 4.88. The van der Waals surface area contributed by atoms with E-state index in [-0.39, 0.29) is 16.3 Å². The second-order valence-electron chi connectivity index (χ2n) is 4.77. The van der Waals surface area contributed by atoms with Crippen LogP contribution in [0.5, 0.6) is 0 Å². The van der Waals surface area contributed by atoms with Gasteiger partial charge < -0.3 is 0 Å². The maximum atomic E-state index is 13.0. The molecule has 0 radical (unpaired) electrons. The van der Waals surface area contributed by atoms with E-state index >= 15 is 0 Å². The number of nitrogens with zero attached hydrogens (tertiary/aromatic N) is 1. The summed E-state index contributed by atoms with van der Waals surface area (Å²) in [5.41, 5.74) is -1.41. The minimum atomic E-state index is -4.72. The van der Waals surface area contributed by atoms with Gasteiger partial charge in [0.15, 0.2) is 0 Å². The summed E-state index contributed by atoms with van der Waals surface area (Å²) < 4.78 is 38.9. The second-order valence-corrected chi connectivity index (χ2v) is 6.51. The summed E-state index contributed by atoms with van der Waals surface area (Å²) in [7, 11) is 0. The molecule has 0 atom stereocenters. The van der Waals surface area contributed by atoms with Gasteiger partial charge in [0.2, 0.25) is 0 Å². The molecule has 1 aliphatic rings. The van der Waals surface area contributed by atoms with Gasteiger partial charge in [-0.1, -0.05) is 29.3 Å². The Kier molecular flexibility index (Phi) is 4.19. The molecule has 0 spiro atoms. The van der Waals surface area contributed by atoms with Crippen molar-refractivity contribution in [1.82, 2.24) is 0 Å². The summed E-state index contributed by atoms with van der Waals surface area (Å²) in [6.45, 7) is 0. The maximum absolute atomic E-state index is 13.0. The van der Waals surface area contributed by atoms with Crippen molar-refractivity contribution in [2.24, 2.45) is 0 Å². The largest absolute Gasteiger partial charge is 0.417 e. The van der Waals surface area contributed by atoms with Crippen molar-refractivity contribution in [3.05, 3.63) is 56.2 Å². The summed E-state index contributed by atoms with van der Waals surface area (Å²) in [5, 5.41) is 0.839. The zero-order valence-electron chi connectivity index (χ0n) is 11.5. The predicted octanol–water partition coefficient (Wildman–Crippen LogP) is 4.94. The lowest BCUT2D eigenvalue weighted by Gasteiger charge is -2.17. The van der Waals surface area contributed by atoms with E-state index in [0.29, 0.717) is 15.8 Å². The highest BCUT2D eigenvalue weighted by molar-refractivity contribution is 7.11. The van der Waals surface area contributed by atoms with Crippen LogP contribution in [0.3, 0.4) is 0 Å². The van der Waals surface area contributed by atoms with Gasteiger partial charge in [-0.05, 0) is 29.6 Å². The maximum Gasteiger partial charge on any atom is 0.417 e. The number of anilines is 1. The Morgan fingerprint density at radius 2 is 1.75 bits per heavy atom. The molecule has 0 saturated heterocycles. The fraction of sp³-hybridized carbons (Fsp3) is 0.0667. The second kappa shape index (κ2) is 5.91. The molecular formula is C15H6Cl2F3NO2S. The van der Waals surface area contributed by atoms with Gasteiger partial charge in [0.05, 0.1) is 21.8 Å². The van der Waals surface area contributed by atoms with Crippen molar-refractivity contribution in [2.75, 3.05) is 4.90 Å². The Labute approximate surface area is 147 Å². The molecule has 1 aromatic carbocycles. The smallest absolute Gasteiger partial charge is 0.268 e. The number of thiophene rings is 1. The molecule has 2 heterocycles. The number of carbonyl (C=O) groups is 2. The molecule has 0 N–H and O–H groups in total. The number of benzene rings is 1. The van der Waals surface area contributed by atoms with E-state index in [1.807, 2.05) is 0 Å². The fourth-order valence-electron chi connectivity index (χ4n) is 2.24. The first-order valence-corrected chi connectivity index (χ1v) is 8.04. The molecule has 3 rings (SSSR count). The number of halogens is 5. The highest BCUT2D eigenvalue weighted by Gasteiger charge is 2.41. The minimum Gasteiger partial charge on any atom is -0.268 e. The van der Waals surface area contributed by atoms with Crippen molar-refractivity contribution in [3.63, 3.8) is 0 Å². The van der Waals surface area contributed by atoms with E-state index < -0.39 is 28.6 Å². The topological polar surface area (TPSA) is 37.4 Å². The van der Waals surface area contributed by atoms with Gasteiger partial charge in [0.1, 0.15) is 5.03 Å². The summed E-state index contributed by atoms with van der Waals surface area (Å²) in [5.74, 6) is -1.65. The van der Waals surface area contributed by atoms with Gasteiger partial charge >= 0.3 is 6.18 Å². The van der Waals surface area contributed by atoms with Crippen LogP contribution in [0.1, 0.15) is 10.4 Å². The predicted molar refractivity (Wildman–Crippen MR) is 86.0 cm³/mol. The lowest BCUT2D eigenvalue weighted by molar-refractivity contribution is -0.137. The first-order valence-electron chi connectivity index (χ1n) is 6.41. The highest BCUT2D eigenvalue weighted by atomic mass is 35.5. The van der Waals surface area contributed by atoms with Crippen molar-refractivity contribution < 1.29 is 22.8 Å². The highest BCUT2D eigenvalue weighted by Crippen LogP contribution is 2.40. The van der Waals surface area contributed by atoms with Crippen molar-refractivity contribution in [3.8, 4) is 0 Å². The monoisotopic (exact) mass is 391 g/mol. The molecule has 0 saturated carbocycles. The molecule has 0 aliphatic carbocycles. The van der Waals surface area contributed by atoms with Crippen molar-refractivity contribution in [1.29, 1.82) is 0 Å². The normalized spacial score (nSPS) is 15.6. The van der Waals surface area contributed by atoms with Crippen molar-refractivity contribution >= 4 is 57.6 Å². The lowest BCUT2D eigenvalue weighted by Crippen LogP contribution is -2.31. The molecule has 1 aromatic heterocycles. The van der Waals surface area contributed by atoms with Crippen LogP contribution in [0.25, 0.3) is 5.57 Å². The third kappa shape index (κ3) is 2.72. The van der Waals surface area contributed by atoms with Crippen LogP contribution >= 0.6 is 34.5 Å². The Hall–Kier alpha value is -1.83. The lowest BCUT2D eigenvalue weighted by atomic mass is 10.1. The summed E-state index contributed by atoms with van der Waals surface area (Å²) >= 11 is 12.7. The molecule has 2 aromatic rings. The number of carbonyl (C=O) groups excluding carboxylic acids is 2. The summed E-state index contributed by atoms with van der Waals surface area (Å²) in [6.07, 6.45) is -4.72. The molecule has 0 unspecified atom stereocenters. The standard InChI is InChI=1S/C15H6Cl2F3NO2S/c16-9-4-3-7(6-8(9)15(18,19)20)21-13(22)11(12(17)14(21)23)10-2-1-5-24-10/h1-6H. The molecule has 0 fully saturated rings. The van der Waals surface area contributed by atoms with Gasteiger partial charge in [-0.15, -0.1) is 11.3 Å². The van der Waals surface area contributed by atoms with E-state index in [2.05, 4.69) is 0 Å². The summed E-state index contributed by atoms with van der Waals surface area (Å²) in [4.78, 5) is 25.9. The first kappa shape index (κ1) is 17.0. The van der Waals surface area contributed by atoms with Crippen LogP contribution in [0.4, 0.5) is 18.9 Å². The number of hydrogen-bond donors (Lipinski definition) is 0. The number of rotatable bonds is 2. The Morgan fingerprint density at radius 1 is 1.04 bits per heavy atom. The Bertz CT molecular complexity index is 875. The SMILES string of the molecule is O=C1C(Cl)=C(c2cccs2)C(=O)N1c1ccc(Cl)c(C(F)(F)F)c1. The molecule has 3 nitrogen and oxygen atoms in total. The molecule has 24 heavy (non-hydrogen) atoms. The van der Waals surface area contributed by atoms with E-state index in [1.54, 1.807) is 17.5 Å². The van der Waals surface area contributed by atoms with E-state index in [1.165, 1.54) is 11.3 Å². The van der Waals surface area contributed by atoms with Gasteiger partial charge in [0, 0.05) is 4.88 Å². The van der Waals surface area contributed by atoms with Crippen LogP contribution in [-0.2, 0) is 15.8 Å². The third-order valence-electron chi connectivity index (χ3n) is 3.31. The number of hydrogen-bond acceptors (Lipinski definition) is 3. The Morgan fingerprint density at radius 3 is 2.33 bits per heavy atom. The molecule has 2 amide bonds. The summed E-state index contributed by atoms with van der Waals surface area (Å²) in [6, 6.07) is 6.06. The van der Waals surface area contributed by atoms with Gasteiger partial charge in [-0.3, -0.25) is 9.59 Å². The average molecular weight is 392 g/mol. The fourth-order valence-corrected chi connectivity index (χ4v) is 3.56. The van der Waals surface area contributed by atoms with Crippen LogP contribution in [0.2, 0.25) is 5.02 Å². The van der Waals surface area contributed by atoms with Crippen LogP contribution in [-0.4, -0.2) is 11.8 Å². The average Bonchev–Trinajstić information content (AvgIpc) is 3.08. The number of alkyl halides is 3. The van der Waals surface area contributed by atoms with Gasteiger partial charge in [-0.25, -0.2) is 4.90 Å². The minimum absolute atomic E-state index is 0.0276. The first-order chi connectivity index (χ1) is 11.2. The van der Waals surface area contributed by atoms with E-state index in [4.69, 9.17) is 23.2 Å². The zero-order valence-corrected chi connectivity index (χ0v) is 13.9. The zero-order chi connectivity index (χ0) is 17.6. The Balaban J connectivity index is 2.07. The quantitative estimate of drug-likeness (QED) is 0.679. The van der Waals surface area contributed by atoms with E-state index in [0.717, 1.165) is 12.1 Å². The van der Waals surface area contributed by atoms with Crippen LogP contribution in [0, 0.1) is 0 Å². The molecule has 0 bridgehead atoms. The molecule has 9 heteroatoms. The van der Waals surface area contributed by atoms with Crippen molar-refractivity contribution in [2.45, 2.75) is 6.18 Å².